The van der Waals surface area contributed by atoms with E-state index in [9.17, 15) is 4.79 Å². The molecule has 0 atom stereocenters. The molecule has 2 N–H and O–H groups in total. The van der Waals surface area contributed by atoms with Crippen molar-refractivity contribution in [2.45, 2.75) is 29.0 Å². The van der Waals surface area contributed by atoms with E-state index in [0.717, 1.165) is 15.0 Å². The number of aromatic amines is 1. The molecule has 0 aromatic carbocycles. The maximum atomic E-state index is 12.5. The van der Waals surface area contributed by atoms with E-state index in [-0.39, 0.29) is 5.56 Å². The van der Waals surface area contributed by atoms with Crippen LogP contribution < -0.4 is 10.9 Å². The maximum Gasteiger partial charge on any atom is 0.260 e. The molecule has 10 heteroatoms. The van der Waals surface area contributed by atoms with Gasteiger partial charge in [0.2, 0.25) is 5.13 Å². The van der Waals surface area contributed by atoms with E-state index >= 15 is 0 Å². The van der Waals surface area contributed by atoms with Gasteiger partial charge in [0.15, 0.2) is 4.34 Å². The van der Waals surface area contributed by atoms with Gasteiger partial charge in [0, 0.05) is 17.0 Å². The number of furan rings is 1. The van der Waals surface area contributed by atoms with Crippen LogP contribution in [0.4, 0.5) is 5.13 Å². The molecular weight excluding hydrogens is 390 g/mol. The largest absolute Gasteiger partial charge is 0.464 e. The molecule has 0 amide bonds. The molecule has 5 rings (SSSR count). The Labute approximate surface area is 159 Å². The van der Waals surface area contributed by atoms with Gasteiger partial charge in [0.25, 0.3) is 5.56 Å². The first-order valence-electron chi connectivity index (χ1n) is 8.03. The van der Waals surface area contributed by atoms with Crippen LogP contribution in [0.1, 0.15) is 18.7 Å². The highest BCUT2D eigenvalue weighted by Gasteiger charge is 2.22. The third kappa shape index (κ3) is 3.15. The number of H-pyrrole nitrogens is 1. The van der Waals surface area contributed by atoms with Crippen LogP contribution in [0.3, 0.4) is 0 Å². The number of rotatable bonds is 6. The van der Waals surface area contributed by atoms with Crippen LogP contribution in [0.15, 0.2) is 37.3 Å². The molecule has 1 aliphatic carbocycles. The Bertz CT molecular complexity index is 1110. The van der Waals surface area contributed by atoms with Gasteiger partial charge in [-0.25, -0.2) is 4.98 Å². The molecule has 0 bridgehead atoms. The van der Waals surface area contributed by atoms with Crippen molar-refractivity contribution in [2.24, 2.45) is 0 Å². The zero-order chi connectivity index (χ0) is 17.5. The van der Waals surface area contributed by atoms with Gasteiger partial charge >= 0.3 is 0 Å². The number of thioether (sulfide) groups is 1. The summed E-state index contributed by atoms with van der Waals surface area (Å²) in [5.74, 6) is 1.85. The van der Waals surface area contributed by atoms with Gasteiger partial charge < -0.3 is 14.7 Å². The average Bonchev–Trinajstić information content (AvgIpc) is 3.07. The van der Waals surface area contributed by atoms with Gasteiger partial charge in [-0.05, 0) is 25.0 Å². The summed E-state index contributed by atoms with van der Waals surface area (Å²) >= 11 is 4.50. The lowest BCUT2D eigenvalue weighted by molar-refractivity contribution is 0.583. The molecule has 132 valence electrons. The maximum absolute atomic E-state index is 12.5. The van der Waals surface area contributed by atoms with Crippen LogP contribution in [-0.2, 0) is 5.75 Å². The minimum atomic E-state index is -0.147. The number of thiophene rings is 1. The lowest BCUT2D eigenvalue weighted by Crippen LogP contribution is -2.10. The molecule has 1 saturated carbocycles. The average molecular weight is 404 g/mol. The molecule has 0 aliphatic heterocycles. The van der Waals surface area contributed by atoms with Crippen molar-refractivity contribution < 1.29 is 4.42 Å². The standard InChI is InChI=1S/C16H13N5O2S3/c22-13-12-9(10-2-1-5-23-10)6-24-14(12)19-11(18-13)7-25-16-21-20-15(26-16)17-8-3-4-8/h1-2,5-6,8H,3-4,7H2,(H,17,20)(H,18,19,22). The first kappa shape index (κ1) is 16.0. The van der Waals surface area contributed by atoms with Crippen molar-refractivity contribution in [3.63, 3.8) is 0 Å². The third-order valence-electron chi connectivity index (χ3n) is 3.92. The fourth-order valence-electron chi connectivity index (χ4n) is 2.53. The van der Waals surface area contributed by atoms with Crippen molar-refractivity contribution in [1.29, 1.82) is 0 Å². The summed E-state index contributed by atoms with van der Waals surface area (Å²) in [5.41, 5.74) is 0.634. The Kier molecular flexibility index (Phi) is 4.03. The van der Waals surface area contributed by atoms with Gasteiger partial charge in [-0.15, -0.1) is 21.5 Å². The predicted molar refractivity (Wildman–Crippen MR) is 104 cm³/mol. The summed E-state index contributed by atoms with van der Waals surface area (Å²) < 4.78 is 6.27. The molecule has 0 saturated heterocycles. The van der Waals surface area contributed by atoms with Crippen molar-refractivity contribution in [3.05, 3.63) is 40.0 Å². The molecule has 0 unspecified atom stereocenters. The highest BCUT2D eigenvalue weighted by molar-refractivity contribution is 8.00. The summed E-state index contributed by atoms with van der Waals surface area (Å²) in [6.07, 6.45) is 4.00. The van der Waals surface area contributed by atoms with Crippen LogP contribution in [0.25, 0.3) is 21.5 Å². The van der Waals surface area contributed by atoms with E-state index in [1.807, 2.05) is 11.4 Å². The summed E-state index contributed by atoms with van der Waals surface area (Å²) in [4.78, 5) is 20.7. The molecule has 4 heterocycles. The molecule has 1 aliphatic rings. The quantitative estimate of drug-likeness (QED) is 0.470. The van der Waals surface area contributed by atoms with E-state index in [2.05, 4.69) is 25.5 Å². The second kappa shape index (κ2) is 6.53. The van der Waals surface area contributed by atoms with Crippen molar-refractivity contribution in [2.75, 3.05) is 5.32 Å². The zero-order valence-electron chi connectivity index (χ0n) is 13.4. The van der Waals surface area contributed by atoms with Crippen LogP contribution in [0.2, 0.25) is 0 Å². The highest BCUT2D eigenvalue weighted by Crippen LogP contribution is 2.33. The van der Waals surface area contributed by atoms with E-state index in [0.29, 0.717) is 33.6 Å². The first-order valence-corrected chi connectivity index (χ1v) is 10.7. The Morgan fingerprint density at radius 2 is 2.31 bits per heavy atom. The Hall–Kier alpha value is -2.17. The number of anilines is 1. The topological polar surface area (TPSA) is 96.7 Å². The van der Waals surface area contributed by atoms with Gasteiger partial charge in [-0.1, -0.05) is 23.1 Å². The van der Waals surface area contributed by atoms with Crippen LogP contribution in [0.5, 0.6) is 0 Å². The summed E-state index contributed by atoms with van der Waals surface area (Å²) in [6.45, 7) is 0. The molecule has 1 fully saturated rings. The predicted octanol–water partition coefficient (Wildman–Crippen LogP) is 3.96. The van der Waals surface area contributed by atoms with Crippen LogP contribution in [-0.4, -0.2) is 26.2 Å². The van der Waals surface area contributed by atoms with E-state index in [1.54, 1.807) is 12.3 Å². The monoisotopic (exact) mass is 403 g/mol. The molecule has 26 heavy (non-hydrogen) atoms. The third-order valence-corrected chi connectivity index (χ3v) is 6.79. The van der Waals surface area contributed by atoms with Crippen LogP contribution in [0, 0.1) is 0 Å². The fraction of sp³-hybridized carbons (Fsp3) is 0.250. The number of hydrogen-bond acceptors (Lipinski definition) is 9. The number of nitrogens with zero attached hydrogens (tertiary/aromatic N) is 3. The second-order valence-electron chi connectivity index (χ2n) is 5.90. The van der Waals surface area contributed by atoms with Crippen molar-refractivity contribution in [1.82, 2.24) is 20.2 Å². The smallest absolute Gasteiger partial charge is 0.260 e. The highest BCUT2D eigenvalue weighted by atomic mass is 32.2. The van der Waals surface area contributed by atoms with E-state index < -0.39 is 0 Å². The molecule has 7 nitrogen and oxygen atoms in total. The van der Waals surface area contributed by atoms with Crippen molar-refractivity contribution in [3.8, 4) is 11.3 Å². The summed E-state index contributed by atoms with van der Waals surface area (Å²) in [7, 11) is 0. The first-order chi connectivity index (χ1) is 12.8. The van der Waals surface area contributed by atoms with Crippen LogP contribution >= 0.6 is 34.4 Å². The fourth-order valence-corrected chi connectivity index (χ4v) is 5.18. The Morgan fingerprint density at radius 3 is 3.12 bits per heavy atom. The minimum absolute atomic E-state index is 0.147. The lowest BCUT2D eigenvalue weighted by Gasteiger charge is -2.00. The molecule has 4 aromatic rings. The number of fused-ring (bicyclic) bond motifs is 1. The van der Waals surface area contributed by atoms with Gasteiger partial charge in [-0.3, -0.25) is 4.79 Å². The van der Waals surface area contributed by atoms with E-state index in [4.69, 9.17) is 4.42 Å². The Balaban J connectivity index is 1.36. The molecular formula is C16H13N5O2S3. The minimum Gasteiger partial charge on any atom is -0.464 e. The van der Waals surface area contributed by atoms with Gasteiger partial charge in [-0.2, -0.15) is 0 Å². The normalized spacial score (nSPS) is 14.2. The summed E-state index contributed by atoms with van der Waals surface area (Å²) in [6, 6.07) is 4.20. The number of nitrogens with one attached hydrogen (secondary N) is 2. The molecule has 4 aromatic heterocycles. The zero-order valence-corrected chi connectivity index (χ0v) is 15.8. The lowest BCUT2D eigenvalue weighted by atomic mass is 10.2. The van der Waals surface area contributed by atoms with E-state index in [1.165, 1.54) is 47.3 Å². The Morgan fingerprint density at radius 1 is 1.38 bits per heavy atom. The van der Waals surface area contributed by atoms with Gasteiger partial charge in [0.05, 0.1) is 17.4 Å². The number of hydrogen-bond donors (Lipinski definition) is 2. The second-order valence-corrected chi connectivity index (χ2v) is 8.96. The summed E-state index contributed by atoms with van der Waals surface area (Å²) in [5, 5.41) is 15.0. The molecule has 0 radical (unpaired) electrons. The van der Waals surface area contributed by atoms with Gasteiger partial charge in [0.1, 0.15) is 16.4 Å². The van der Waals surface area contributed by atoms with Crippen molar-refractivity contribution >= 4 is 49.8 Å². The SMILES string of the molecule is O=c1[nH]c(CSc2nnc(NC3CC3)s2)nc2scc(-c3ccco3)c12. The number of aromatic nitrogens is 4. The molecule has 0 spiro atoms.